The van der Waals surface area contributed by atoms with Gasteiger partial charge in [0.2, 0.25) is 6.29 Å². The summed E-state index contributed by atoms with van der Waals surface area (Å²) in [7, 11) is -4.45. The highest BCUT2D eigenvalue weighted by Crippen LogP contribution is 2.46. The van der Waals surface area contributed by atoms with E-state index in [0.29, 0.717) is 39.0 Å². The van der Waals surface area contributed by atoms with Crippen LogP contribution in [0.2, 0.25) is 33.2 Å². The van der Waals surface area contributed by atoms with Gasteiger partial charge in [-0.1, -0.05) is 128 Å². The van der Waals surface area contributed by atoms with E-state index in [-0.39, 0.29) is 19.0 Å². The van der Waals surface area contributed by atoms with E-state index in [1.807, 2.05) is 24.3 Å². The first-order valence-electron chi connectivity index (χ1n) is 21.9. The highest BCUT2D eigenvalue weighted by Gasteiger charge is 2.49. The minimum Gasteiger partial charge on any atom is -0.543 e. The van der Waals surface area contributed by atoms with Crippen LogP contribution in [0.4, 0.5) is 0 Å². The van der Waals surface area contributed by atoms with Crippen molar-refractivity contribution in [2.45, 2.75) is 205 Å². The van der Waals surface area contributed by atoms with Crippen molar-refractivity contribution in [2.75, 3.05) is 6.61 Å². The molecule has 0 amide bonds. The van der Waals surface area contributed by atoms with Gasteiger partial charge < -0.3 is 38.4 Å². The van der Waals surface area contributed by atoms with Gasteiger partial charge >= 0.3 is 5.97 Å². The molecule has 324 valence electrons. The fourth-order valence-corrected chi connectivity index (χ4v) is 19.9. The predicted molar refractivity (Wildman–Crippen MR) is 235 cm³/mol. The number of hydrogen-bond donors (Lipinski definition) is 3. The number of unbranched alkanes of at least 4 members (excludes halogenated alkanes) is 4. The molecule has 0 radical (unpaired) electrons. The molecule has 1 aliphatic rings. The van der Waals surface area contributed by atoms with Gasteiger partial charge in [0.15, 0.2) is 0 Å². The highest BCUT2D eigenvalue weighted by molar-refractivity contribution is 6.78. The molecule has 0 aliphatic carbocycles. The highest BCUT2D eigenvalue weighted by atomic mass is 28.4. The Morgan fingerprint density at radius 2 is 1.09 bits per heavy atom. The summed E-state index contributed by atoms with van der Waals surface area (Å²) in [5, 5.41) is 31.9. The number of carbonyl (C=O) groups excluding carboxylic acids is 1. The molecule has 0 bridgehead atoms. The van der Waals surface area contributed by atoms with Gasteiger partial charge in [0.1, 0.15) is 48.3 Å². The monoisotopic (exact) mass is 831 g/mol. The van der Waals surface area contributed by atoms with E-state index in [1.165, 1.54) is 0 Å². The van der Waals surface area contributed by atoms with Crippen LogP contribution in [0.25, 0.3) is 0 Å². The lowest BCUT2D eigenvalue weighted by Gasteiger charge is -2.43. The molecule has 1 heterocycles. The fourth-order valence-electron chi connectivity index (χ4n) is 9.44. The summed E-state index contributed by atoms with van der Waals surface area (Å²) in [4.78, 5) is 12.3. The zero-order valence-electron chi connectivity index (χ0n) is 37.5. The number of aliphatic hydroxyl groups is 3. The van der Waals surface area contributed by atoms with Gasteiger partial charge in [0, 0.05) is 12.5 Å². The number of aliphatic hydroxyl groups excluding tert-OH is 3. The van der Waals surface area contributed by atoms with E-state index in [4.69, 9.17) is 23.1 Å². The molecule has 9 nitrogen and oxygen atoms in total. The van der Waals surface area contributed by atoms with Crippen molar-refractivity contribution in [1.82, 2.24) is 0 Å². The Morgan fingerprint density at radius 1 is 0.614 bits per heavy atom. The molecule has 11 heteroatoms. The molecule has 2 aromatic rings. The number of hydrogen-bond acceptors (Lipinski definition) is 9. The standard InChI is InChI=1S/C46H78O9Si2/c1-14-15-16-17-18-19-42(47)51-29-41-43(48)44(49)45(50)46(53-41)52-38-24-22-36(23-25-38)20-21-37-26-39(54-56(30(2)3,31(4)5)32(6)7)28-40(27-37)55-57(33(8)9,34(10)11)35(12)13/h22-28,30-35,41,43-46,48-50H,14-21,29H2,1-13H3. The SMILES string of the molecule is CCCCCCCC(=O)OCC1OC(Oc2ccc(CCc3cc(O[Si](C(C)C)(C(C)C)C(C)C)cc(O[Si](C(C)C)(C(C)C)C(C)C)c3)cc2)C(O)C(O)C1O. The summed E-state index contributed by atoms with van der Waals surface area (Å²) >= 11 is 0. The van der Waals surface area contributed by atoms with Gasteiger partial charge in [0.05, 0.1) is 0 Å². The zero-order chi connectivity index (χ0) is 42.7. The van der Waals surface area contributed by atoms with Crippen molar-refractivity contribution >= 4 is 22.6 Å². The van der Waals surface area contributed by atoms with E-state index in [0.717, 1.165) is 67.6 Å². The van der Waals surface area contributed by atoms with Crippen molar-refractivity contribution in [3.05, 3.63) is 53.6 Å². The fraction of sp³-hybridized carbons (Fsp3) is 0.717. The first kappa shape index (κ1) is 48.9. The van der Waals surface area contributed by atoms with Crippen LogP contribution in [0.5, 0.6) is 17.2 Å². The summed E-state index contributed by atoms with van der Waals surface area (Å²) in [6, 6.07) is 14.2. The number of carbonyl (C=O) groups is 1. The van der Waals surface area contributed by atoms with Gasteiger partial charge in [-0.2, -0.15) is 0 Å². The lowest BCUT2D eigenvalue weighted by molar-refractivity contribution is -0.278. The minimum absolute atomic E-state index is 0.248. The lowest BCUT2D eigenvalue weighted by Crippen LogP contribution is -2.60. The third kappa shape index (κ3) is 12.6. The zero-order valence-corrected chi connectivity index (χ0v) is 39.5. The van der Waals surface area contributed by atoms with Gasteiger partial charge in [-0.05, 0) is 87.9 Å². The van der Waals surface area contributed by atoms with Crippen molar-refractivity contribution in [1.29, 1.82) is 0 Å². The Morgan fingerprint density at radius 3 is 1.56 bits per heavy atom. The first-order valence-corrected chi connectivity index (χ1v) is 26.2. The second kappa shape index (κ2) is 22.3. The smallest absolute Gasteiger partial charge is 0.305 e. The molecule has 0 aromatic heterocycles. The largest absolute Gasteiger partial charge is 0.543 e. The average molecular weight is 831 g/mol. The third-order valence-corrected chi connectivity index (χ3v) is 24.4. The number of aryl methyl sites for hydroxylation is 2. The number of benzene rings is 2. The van der Waals surface area contributed by atoms with Crippen LogP contribution in [-0.4, -0.2) is 75.2 Å². The summed E-state index contributed by atoms with van der Waals surface area (Å²) in [5.74, 6) is 1.87. The maximum atomic E-state index is 12.3. The van der Waals surface area contributed by atoms with Crippen LogP contribution in [-0.2, 0) is 27.1 Å². The first-order chi connectivity index (χ1) is 26.8. The van der Waals surface area contributed by atoms with E-state index in [9.17, 15) is 20.1 Å². The molecule has 0 saturated carbocycles. The molecule has 2 aromatic carbocycles. The van der Waals surface area contributed by atoms with Crippen LogP contribution in [0.3, 0.4) is 0 Å². The van der Waals surface area contributed by atoms with Gasteiger partial charge in [-0.15, -0.1) is 0 Å². The van der Waals surface area contributed by atoms with Crippen molar-refractivity contribution in [2.24, 2.45) is 0 Å². The summed E-state index contributed by atoms with van der Waals surface area (Å²) in [6.07, 6.45) is 0.0917. The Hall–Kier alpha value is -2.42. The van der Waals surface area contributed by atoms with Gasteiger partial charge in [-0.25, -0.2) is 0 Å². The van der Waals surface area contributed by atoms with E-state index >= 15 is 0 Å². The van der Waals surface area contributed by atoms with Crippen LogP contribution in [0, 0.1) is 0 Å². The van der Waals surface area contributed by atoms with Gasteiger partial charge in [0.25, 0.3) is 16.6 Å². The Bertz CT molecular complexity index is 1400. The lowest BCUT2D eigenvalue weighted by atomic mass is 9.99. The normalized spacial score (nSPS) is 20.6. The molecule has 0 spiro atoms. The Kier molecular flexibility index (Phi) is 19.1. The van der Waals surface area contributed by atoms with E-state index in [1.54, 1.807) is 0 Å². The molecule has 3 rings (SSSR count). The topological polar surface area (TPSA) is 124 Å². The van der Waals surface area contributed by atoms with Crippen LogP contribution < -0.4 is 13.6 Å². The molecule has 3 N–H and O–H groups in total. The van der Waals surface area contributed by atoms with Crippen molar-refractivity contribution in [3.8, 4) is 17.2 Å². The van der Waals surface area contributed by atoms with Crippen molar-refractivity contribution < 1.29 is 43.2 Å². The van der Waals surface area contributed by atoms with Gasteiger partial charge in [-0.3, -0.25) is 4.79 Å². The second-order valence-electron chi connectivity index (χ2n) is 18.3. The molecule has 57 heavy (non-hydrogen) atoms. The molecular formula is C46H78O9Si2. The third-order valence-electron chi connectivity index (χ3n) is 12.4. The van der Waals surface area contributed by atoms with Crippen LogP contribution in [0.1, 0.15) is 140 Å². The van der Waals surface area contributed by atoms with Crippen molar-refractivity contribution in [3.63, 3.8) is 0 Å². The number of esters is 1. The maximum Gasteiger partial charge on any atom is 0.305 e. The minimum atomic E-state index is -2.22. The van der Waals surface area contributed by atoms with E-state index < -0.39 is 47.3 Å². The average Bonchev–Trinajstić information content (AvgIpc) is 3.14. The number of rotatable bonds is 23. The summed E-state index contributed by atoms with van der Waals surface area (Å²) < 4.78 is 31.7. The molecule has 1 aliphatic heterocycles. The number of ether oxygens (including phenoxy) is 3. The summed E-state index contributed by atoms with van der Waals surface area (Å²) in [6.45, 7) is 29.7. The van der Waals surface area contributed by atoms with Crippen LogP contribution in [0.15, 0.2) is 42.5 Å². The summed E-state index contributed by atoms with van der Waals surface area (Å²) in [5.41, 5.74) is 4.89. The molecule has 1 saturated heterocycles. The molecular weight excluding hydrogens is 753 g/mol. The maximum absolute atomic E-state index is 12.3. The molecule has 1 fully saturated rings. The van der Waals surface area contributed by atoms with Crippen LogP contribution >= 0.6 is 0 Å². The molecule has 5 atom stereocenters. The second-order valence-corrected chi connectivity index (χ2v) is 29.0. The van der Waals surface area contributed by atoms with E-state index in [2.05, 4.69) is 108 Å². The Balaban J connectivity index is 1.78. The molecule has 5 unspecified atom stereocenters. The predicted octanol–water partition coefficient (Wildman–Crippen LogP) is 10.7. The Labute approximate surface area is 347 Å². The quantitative estimate of drug-likeness (QED) is 0.0570.